The molecule has 0 saturated heterocycles. The first-order valence-electron chi connectivity index (χ1n) is 11.3. The molecule has 5 rings (SSSR count). The van der Waals surface area contributed by atoms with E-state index >= 15 is 0 Å². The molecule has 0 spiro atoms. The van der Waals surface area contributed by atoms with Crippen LogP contribution in [-0.4, -0.2) is 23.7 Å². The fourth-order valence-corrected chi connectivity index (χ4v) is 6.10. The van der Waals surface area contributed by atoms with E-state index in [0.29, 0.717) is 17.7 Å². The van der Waals surface area contributed by atoms with Crippen LogP contribution in [0.5, 0.6) is 5.75 Å². The molecule has 2 aromatic carbocycles. The van der Waals surface area contributed by atoms with Crippen LogP contribution in [0, 0.1) is 10.8 Å². The zero-order valence-corrected chi connectivity index (χ0v) is 17.7. The van der Waals surface area contributed by atoms with Crippen molar-refractivity contribution in [2.75, 3.05) is 0 Å². The van der Waals surface area contributed by atoms with Gasteiger partial charge in [-0.3, -0.25) is 14.4 Å². The molecule has 0 unspecified atom stereocenters. The van der Waals surface area contributed by atoms with Crippen LogP contribution in [0.2, 0.25) is 0 Å². The van der Waals surface area contributed by atoms with Crippen molar-refractivity contribution in [1.82, 2.24) is 5.32 Å². The van der Waals surface area contributed by atoms with Gasteiger partial charge in [0.2, 0.25) is 5.91 Å². The third-order valence-electron chi connectivity index (χ3n) is 7.60. The lowest BCUT2D eigenvalue weighted by Gasteiger charge is -2.28. The van der Waals surface area contributed by atoms with E-state index in [2.05, 4.69) is 5.32 Å². The first kappa shape index (κ1) is 20.0. The van der Waals surface area contributed by atoms with Crippen molar-refractivity contribution in [2.24, 2.45) is 10.8 Å². The van der Waals surface area contributed by atoms with Crippen molar-refractivity contribution in [1.29, 1.82) is 0 Å². The van der Waals surface area contributed by atoms with Crippen LogP contribution in [0.4, 0.5) is 0 Å². The number of hydrogen-bond acceptors (Lipinski definition) is 4. The maximum absolute atomic E-state index is 13.9. The lowest BCUT2D eigenvalue weighted by molar-refractivity contribution is -0.150. The van der Waals surface area contributed by atoms with Gasteiger partial charge in [0, 0.05) is 23.1 Å². The molecular weight excluding hydrogens is 390 g/mol. The molecular formula is C26H27NO4. The third kappa shape index (κ3) is 2.65. The highest BCUT2D eigenvalue weighted by Gasteiger charge is 2.89. The number of ether oxygens (including phenoxy) is 1. The Morgan fingerprint density at radius 3 is 2.39 bits per heavy atom. The Kier molecular flexibility index (Phi) is 4.72. The molecule has 2 fully saturated rings. The largest absolute Gasteiger partial charge is 0.425 e. The van der Waals surface area contributed by atoms with E-state index in [4.69, 9.17) is 4.74 Å². The number of ketones is 1. The molecule has 160 valence electrons. The first-order chi connectivity index (χ1) is 15.1. The number of hydrogen-bond donors (Lipinski definition) is 1. The van der Waals surface area contributed by atoms with Gasteiger partial charge in [-0.1, -0.05) is 74.7 Å². The highest BCUT2D eigenvalue weighted by atomic mass is 16.5. The second-order valence-electron chi connectivity index (χ2n) is 9.00. The molecule has 5 heteroatoms. The summed E-state index contributed by atoms with van der Waals surface area (Å²) < 4.78 is 5.69. The first-order valence-corrected chi connectivity index (χ1v) is 11.3. The number of carbonyl (C=O) groups is 3. The van der Waals surface area contributed by atoms with Crippen LogP contribution >= 0.6 is 0 Å². The van der Waals surface area contributed by atoms with E-state index in [0.717, 1.165) is 31.2 Å². The molecule has 31 heavy (non-hydrogen) atoms. The van der Waals surface area contributed by atoms with Gasteiger partial charge in [0.1, 0.15) is 5.75 Å². The molecule has 0 radical (unpaired) electrons. The summed E-state index contributed by atoms with van der Waals surface area (Å²) in [6, 6.07) is 16.3. The minimum absolute atomic E-state index is 0.0447. The zero-order valence-electron chi connectivity index (χ0n) is 17.7. The Labute approximate surface area is 182 Å². The van der Waals surface area contributed by atoms with Gasteiger partial charge >= 0.3 is 5.97 Å². The van der Waals surface area contributed by atoms with Gasteiger partial charge in [0.25, 0.3) is 0 Å². The van der Waals surface area contributed by atoms with Crippen molar-refractivity contribution in [2.45, 2.75) is 57.4 Å². The second kappa shape index (κ2) is 7.33. The smallest absolute Gasteiger partial charge is 0.328 e. The van der Waals surface area contributed by atoms with Crippen LogP contribution < -0.4 is 10.1 Å². The van der Waals surface area contributed by atoms with Gasteiger partial charge in [-0.05, 0) is 25.3 Å². The average Bonchev–Trinajstić information content (AvgIpc) is 3.47. The Morgan fingerprint density at radius 2 is 1.68 bits per heavy atom. The Morgan fingerprint density at radius 1 is 1.00 bits per heavy atom. The molecule has 2 aliphatic carbocycles. The molecule has 1 aliphatic heterocycles. The highest BCUT2D eigenvalue weighted by Crippen LogP contribution is 2.79. The van der Waals surface area contributed by atoms with Gasteiger partial charge < -0.3 is 10.1 Å². The van der Waals surface area contributed by atoms with E-state index in [1.807, 2.05) is 37.3 Å². The number of carbonyl (C=O) groups excluding carboxylic acids is 3. The minimum atomic E-state index is -1.51. The molecule has 3 atom stereocenters. The van der Waals surface area contributed by atoms with E-state index in [1.54, 1.807) is 24.3 Å². The van der Waals surface area contributed by atoms with Crippen molar-refractivity contribution in [3.8, 4) is 5.75 Å². The summed E-state index contributed by atoms with van der Waals surface area (Å²) in [6.07, 6.45) is 5.49. The normalized spacial score (nSPS) is 29.3. The van der Waals surface area contributed by atoms with E-state index in [-0.39, 0.29) is 17.7 Å². The average molecular weight is 418 g/mol. The molecule has 0 bridgehead atoms. The minimum Gasteiger partial charge on any atom is -0.425 e. The summed E-state index contributed by atoms with van der Waals surface area (Å²) in [5, 5.41) is 3.14. The second-order valence-corrected chi connectivity index (χ2v) is 9.00. The number of fused-ring (bicyclic) bond motifs is 3. The van der Waals surface area contributed by atoms with Crippen molar-refractivity contribution >= 4 is 17.7 Å². The number of nitrogens with one attached hydrogen (secondary N) is 1. The molecule has 1 amide bonds. The quantitative estimate of drug-likeness (QED) is 0.338. The summed E-state index contributed by atoms with van der Waals surface area (Å²) in [4.78, 5) is 41.2. The zero-order chi connectivity index (χ0) is 21.6. The van der Waals surface area contributed by atoms with Gasteiger partial charge in [-0.15, -0.1) is 0 Å². The fraction of sp³-hybridized carbons (Fsp3) is 0.423. The molecule has 2 saturated carbocycles. The van der Waals surface area contributed by atoms with Gasteiger partial charge in [-0.2, -0.15) is 0 Å². The van der Waals surface area contributed by atoms with E-state index in [9.17, 15) is 14.4 Å². The monoisotopic (exact) mass is 417 g/mol. The summed E-state index contributed by atoms with van der Waals surface area (Å²) in [5.74, 6) is -1.17. The SMILES string of the molecule is CC[C@]1(C(=O)c2ccccc2)[C@@H]2c3ccccc3OC(=O)[C@@]21C(=O)NC1CCCCC1. The predicted octanol–water partition coefficient (Wildman–Crippen LogP) is 4.42. The maximum atomic E-state index is 13.9. The Hall–Kier alpha value is -2.95. The lowest BCUT2D eigenvalue weighted by Crippen LogP contribution is -2.49. The molecule has 1 N–H and O–H groups in total. The standard InChI is InChI=1S/C26H27NO4/c1-2-25(22(28)17-11-5-3-6-12-17)21-19-15-9-10-16-20(19)31-24(30)26(21,25)23(29)27-18-13-7-4-8-14-18/h3,5-6,9-12,15-16,18,21H,2,4,7-8,13-14H2,1H3,(H,27,29)/t21-,25+,26-/m0/s1. The van der Waals surface area contributed by atoms with Crippen LogP contribution in [-0.2, 0) is 9.59 Å². The molecule has 0 aromatic heterocycles. The maximum Gasteiger partial charge on any atom is 0.328 e. The van der Waals surface area contributed by atoms with Crippen molar-refractivity contribution < 1.29 is 19.1 Å². The van der Waals surface area contributed by atoms with E-state index < -0.39 is 22.7 Å². The van der Waals surface area contributed by atoms with Crippen LogP contribution in [0.1, 0.15) is 67.3 Å². The summed E-state index contributed by atoms with van der Waals surface area (Å²) >= 11 is 0. The van der Waals surface area contributed by atoms with Crippen LogP contribution in [0.3, 0.4) is 0 Å². The fourth-order valence-electron chi connectivity index (χ4n) is 6.10. The number of Topliss-reactive ketones (excluding diaryl/α,β-unsaturated/α-hetero) is 1. The number of amides is 1. The lowest BCUT2D eigenvalue weighted by atomic mass is 9.82. The van der Waals surface area contributed by atoms with Gasteiger partial charge in [-0.25, -0.2) is 0 Å². The number of rotatable bonds is 5. The molecule has 3 aliphatic rings. The number of para-hydroxylation sites is 1. The molecule has 5 nitrogen and oxygen atoms in total. The topological polar surface area (TPSA) is 72.5 Å². The van der Waals surface area contributed by atoms with Gasteiger partial charge in [0.05, 0.1) is 5.41 Å². The molecule has 2 aromatic rings. The highest BCUT2D eigenvalue weighted by molar-refractivity contribution is 6.21. The Bertz CT molecular complexity index is 1040. The van der Waals surface area contributed by atoms with Crippen molar-refractivity contribution in [3.05, 3.63) is 65.7 Å². The summed E-state index contributed by atoms with van der Waals surface area (Å²) in [7, 11) is 0. The molecule has 1 heterocycles. The van der Waals surface area contributed by atoms with Crippen LogP contribution in [0.25, 0.3) is 0 Å². The van der Waals surface area contributed by atoms with Gasteiger partial charge in [0.15, 0.2) is 11.2 Å². The predicted molar refractivity (Wildman–Crippen MR) is 116 cm³/mol. The van der Waals surface area contributed by atoms with Crippen LogP contribution in [0.15, 0.2) is 54.6 Å². The van der Waals surface area contributed by atoms with E-state index in [1.165, 1.54) is 6.42 Å². The third-order valence-corrected chi connectivity index (χ3v) is 7.60. The van der Waals surface area contributed by atoms with Crippen molar-refractivity contribution in [3.63, 3.8) is 0 Å². The number of esters is 1. The summed E-state index contributed by atoms with van der Waals surface area (Å²) in [6.45, 7) is 1.89. The number of benzene rings is 2. The summed E-state index contributed by atoms with van der Waals surface area (Å²) in [5.41, 5.74) is -1.36. The Balaban J connectivity index is 1.63.